The molecule has 2 saturated carbocycles. The molecular weight excluding hydrogens is 420 g/mol. The quantitative estimate of drug-likeness (QED) is 0.306. The number of benzene rings is 2. The average Bonchev–Trinajstić information content (AvgIpc) is 3.56. The van der Waals surface area contributed by atoms with Gasteiger partial charge < -0.3 is 0 Å². The molecule has 3 aliphatic rings. The van der Waals surface area contributed by atoms with Crippen LogP contribution in [0.5, 0.6) is 0 Å². The van der Waals surface area contributed by atoms with Crippen LogP contribution in [0, 0.1) is 30.6 Å². The van der Waals surface area contributed by atoms with Crippen molar-refractivity contribution in [3.8, 4) is 0 Å². The minimum atomic E-state index is 0.800. The number of fused-ring (bicyclic) bond motifs is 1. The van der Waals surface area contributed by atoms with Gasteiger partial charge in [0.2, 0.25) is 0 Å². The van der Waals surface area contributed by atoms with Gasteiger partial charge in [0.25, 0.3) is 0 Å². The van der Waals surface area contributed by atoms with Crippen LogP contribution < -0.4 is 0 Å². The highest BCUT2D eigenvalue weighted by molar-refractivity contribution is 5.45. The van der Waals surface area contributed by atoms with Gasteiger partial charge in [-0.1, -0.05) is 86.9 Å². The molecule has 35 heavy (non-hydrogen) atoms. The van der Waals surface area contributed by atoms with E-state index in [0.29, 0.717) is 0 Å². The zero-order valence-corrected chi connectivity index (χ0v) is 22.4. The van der Waals surface area contributed by atoms with Gasteiger partial charge in [-0.05, 0) is 128 Å². The molecule has 0 radical (unpaired) electrons. The maximum atomic E-state index is 4.55. The minimum Gasteiger partial charge on any atom is -0.0996 e. The molecule has 5 rings (SSSR count). The van der Waals surface area contributed by atoms with Gasteiger partial charge in [-0.3, -0.25) is 0 Å². The second-order valence-electron chi connectivity index (χ2n) is 12.2. The summed E-state index contributed by atoms with van der Waals surface area (Å²) in [6.45, 7) is 13.7. The Morgan fingerprint density at radius 1 is 0.857 bits per heavy atom. The lowest BCUT2D eigenvalue weighted by molar-refractivity contribution is 0.214. The molecule has 186 valence electrons. The van der Waals surface area contributed by atoms with E-state index in [-0.39, 0.29) is 0 Å². The zero-order chi connectivity index (χ0) is 24.4. The van der Waals surface area contributed by atoms with Crippen molar-refractivity contribution in [1.29, 1.82) is 0 Å². The van der Waals surface area contributed by atoms with Crippen molar-refractivity contribution in [2.75, 3.05) is 0 Å². The van der Waals surface area contributed by atoms with Crippen molar-refractivity contribution in [2.24, 2.45) is 23.7 Å². The van der Waals surface area contributed by atoms with Gasteiger partial charge in [0.1, 0.15) is 0 Å². The molecule has 0 bridgehead atoms. The predicted octanol–water partition coefficient (Wildman–Crippen LogP) is 9.17. The summed E-state index contributed by atoms with van der Waals surface area (Å²) in [7, 11) is 0. The third kappa shape index (κ3) is 5.84. The van der Waals surface area contributed by atoms with Gasteiger partial charge in [0, 0.05) is 0 Å². The van der Waals surface area contributed by atoms with Crippen LogP contribution in [0.1, 0.15) is 91.7 Å². The predicted molar refractivity (Wildman–Crippen MR) is 151 cm³/mol. The Labute approximate surface area is 214 Å². The fourth-order valence-electron chi connectivity index (χ4n) is 7.21. The molecule has 0 heteroatoms. The van der Waals surface area contributed by atoms with Crippen molar-refractivity contribution < 1.29 is 0 Å². The summed E-state index contributed by atoms with van der Waals surface area (Å²) < 4.78 is 0. The monoisotopic (exact) mass is 466 g/mol. The summed E-state index contributed by atoms with van der Waals surface area (Å²) in [5.74, 6) is 3.52. The summed E-state index contributed by atoms with van der Waals surface area (Å²) in [5.41, 5.74) is 12.3. The Kier molecular flexibility index (Phi) is 7.66. The van der Waals surface area contributed by atoms with Crippen LogP contribution in [0.3, 0.4) is 0 Å². The first kappa shape index (κ1) is 24.6. The largest absolute Gasteiger partial charge is 0.0996 e. The zero-order valence-electron chi connectivity index (χ0n) is 22.4. The summed E-state index contributed by atoms with van der Waals surface area (Å²) >= 11 is 0. The van der Waals surface area contributed by atoms with Gasteiger partial charge in [0.05, 0.1) is 0 Å². The summed E-state index contributed by atoms with van der Waals surface area (Å²) in [5, 5.41) is 0. The number of aryl methyl sites for hydroxylation is 1. The van der Waals surface area contributed by atoms with E-state index in [1.165, 1.54) is 92.9 Å². The van der Waals surface area contributed by atoms with Crippen molar-refractivity contribution in [1.82, 2.24) is 0 Å². The molecule has 0 nitrogen and oxygen atoms in total. The highest BCUT2D eigenvalue weighted by Gasteiger charge is 2.35. The van der Waals surface area contributed by atoms with E-state index >= 15 is 0 Å². The van der Waals surface area contributed by atoms with Crippen molar-refractivity contribution >= 4 is 0 Å². The number of rotatable bonds is 10. The molecule has 0 heterocycles. The van der Waals surface area contributed by atoms with E-state index in [1.807, 2.05) is 0 Å². The lowest BCUT2D eigenvalue weighted by atomic mass is 9.71. The molecule has 3 atom stereocenters. The van der Waals surface area contributed by atoms with Crippen LogP contribution in [-0.2, 0) is 32.1 Å². The lowest BCUT2D eigenvalue weighted by Crippen LogP contribution is -2.24. The maximum Gasteiger partial charge on any atom is -0.00637 e. The third-order valence-electron chi connectivity index (χ3n) is 9.48. The molecule has 3 unspecified atom stereocenters. The number of hydrogen-bond donors (Lipinski definition) is 0. The van der Waals surface area contributed by atoms with Crippen LogP contribution in [0.25, 0.3) is 0 Å². The van der Waals surface area contributed by atoms with Gasteiger partial charge in [0.15, 0.2) is 0 Å². The van der Waals surface area contributed by atoms with Gasteiger partial charge in [-0.15, -0.1) is 0 Å². The van der Waals surface area contributed by atoms with Crippen LogP contribution in [0.2, 0.25) is 0 Å². The first-order valence-electron chi connectivity index (χ1n) is 14.5. The summed E-state index contributed by atoms with van der Waals surface area (Å²) in [6.07, 6.45) is 16.8. The molecule has 3 aliphatic carbocycles. The summed E-state index contributed by atoms with van der Waals surface area (Å²) in [6, 6.07) is 13.8. The fraction of sp³-hybridized carbons (Fsp3) is 0.543. The Bertz CT molecular complexity index is 1070. The summed E-state index contributed by atoms with van der Waals surface area (Å²) in [4.78, 5) is 0. The third-order valence-corrected chi connectivity index (χ3v) is 9.48. The smallest absolute Gasteiger partial charge is 0.00637 e. The first-order chi connectivity index (χ1) is 17.0. The molecule has 0 aromatic heterocycles. The van der Waals surface area contributed by atoms with E-state index in [2.05, 4.69) is 63.4 Å². The van der Waals surface area contributed by atoms with Gasteiger partial charge >= 0.3 is 0 Å². The number of hydrogen-bond acceptors (Lipinski definition) is 0. The van der Waals surface area contributed by atoms with Crippen LogP contribution in [0.4, 0.5) is 0 Å². The Morgan fingerprint density at radius 2 is 1.63 bits per heavy atom. The maximum absolute atomic E-state index is 4.55. The SMILES string of the molecule is C=C(Cc1ccccc1CCC)Cc1ccc2c(c1C)CC(C1CCCC(C(=C)CC3CC3)C1)C2. The molecule has 0 N–H and O–H groups in total. The van der Waals surface area contributed by atoms with Crippen LogP contribution >= 0.6 is 0 Å². The van der Waals surface area contributed by atoms with Gasteiger partial charge in [-0.2, -0.15) is 0 Å². The molecule has 2 fully saturated rings. The van der Waals surface area contributed by atoms with Crippen molar-refractivity contribution in [3.05, 3.63) is 94.1 Å². The molecule has 0 spiro atoms. The molecule has 2 aromatic carbocycles. The highest BCUT2D eigenvalue weighted by Crippen LogP contribution is 2.45. The van der Waals surface area contributed by atoms with Crippen LogP contribution in [0.15, 0.2) is 60.7 Å². The second-order valence-corrected chi connectivity index (χ2v) is 12.2. The first-order valence-corrected chi connectivity index (χ1v) is 14.5. The highest BCUT2D eigenvalue weighted by atomic mass is 14.4. The molecular formula is C35H46. The molecule has 0 aliphatic heterocycles. The Hall–Kier alpha value is -2.08. The van der Waals surface area contributed by atoms with Crippen molar-refractivity contribution in [3.63, 3.8) is 0 Å². The molecule has 0 amide bonds. The van der Waals surface area contributed by atoms with E-state index < -0.39 is 0 Å². The normalized spacial score (nSPS) is 23.8. The number of allylic oxidation sites excluding steroid dienone is 2. The average molecular weight is 467 g/mol. The second kappa shape index (κ2) is 10.9. The topological polar surface area (TPSA) is 0 Å². The fourth-order valence-corrected chi connectivity index (χ4v) is 7.21. The Balaban J connectivity index is 1.22. The molecule has 0 saturated heterocycles. The van der Waals surface area contributed by atoms with Crippen LogP contribution in [-0.4, -0.2) is 0 Å². The standard InChI is InChI=1S/C35H46/c1-5-9-28-10-6-7-11-31(28)19-24(2)18-30-16-17-33-22-34(23-35(33)26(30)4)32-13-8-12-29(21-32)25(3)20-27-14-15-27/h6-7,10-11,16-17,27,29,32,34H,2-3,5,8-9,12-15,18-23H2,1,4H3. The minimum absolute atomic E-state index is 0.800. The van der Waals surface area contributed by atoms with E-state index in [0.717, 1.165) is 36.5 Å². The van der Waals surface area contributed by atoms with E-state index in [4.69, 9.17) is 0 Å². The van der Waals surface area contributed by atoms with E-state index in [1.54, 1.807) is 22.3 Å². The van der Waals surface area contributed by atoms with E-state index in [9.17, 15) is 0 Å². The Morgan fingerprint density at radius 3 is 2.40 bits per heavy atom. The van der Waals surface area contributed by atoms with Gasteiger partial charge in [-0.25, -0.2) is 0 Å². The van der Waals surface area contributed by atoms with Crippen molar-refractivity contribution in [2.45, 2.75) is 97.3 Å². The molecule has 2 aromatic rings. The lowest BCUT2D eigenvalue weighted by Gasteiger charge is -2.34.